The lowest BCUT2D eigenvalue weighted by atomic mass is 10.1. The minimum atomic E-state index is 0.520. The Kier molecular flexibility index (Phi) is 2.20. The summed E-state index contributed by atoms with van der Waals surface area (Å²) >= 11 is 6.11. The molecule has 3 nitrogen and oxygen atoms in total. The maximum absolute atomic E-state index is 6.11. The third-order valence-corrected chi connectivity index (χ3v) is 3.27. The fourth-order valence-corrected chi connectivity index (χ4v) is 2.26. The highest BCUT2D eigenvalue weighted by atomic mass is 35.5. The van der Waals surface area contributed by atoms with Crippen molar-refractivity contribution in [2.24, 2.45) is 7.05 Å². The Hall–Kier alpha value is -0.700. The fourth-order valence-electron chi connectivity index (χ4n) is 1.98. The minimum Gasteiger partial charge on any atom is -0.369 e. The molecule has 1 saturated carbocycles. The van der Waals surface area contributed by atoms with Gasteiger partial charge in [-0.25, -0.2) is 4.98 Å². The van der Waals surface area contributed by atoms with Crippen LogP contribution < -0.4 is 5.73 Å². The van der Waals surface area contributed by atoms with E-state index in [1.165, 1.54) is 25.7 Å². The van der Waals surface area contributed by atoms with Gasteiger partial charge in [0.2, 0.25) is 5.95 Å². The molecule has 1 aromatic heterocycles. The Morgan fingerprint density at radius 2 is 2.08 bits per heavy atom. The number of hydrogen-bond acceptors (Lipinski definition) is 2. The number of nitrogen functional groups attached to an aromatic ring is 1. The van der Waals surface area contributed by atoms with E-state index in [0.717, 1.165) is 5.69 Å². The van der Waals surface area contributed by atoms with Crippen LogP contribution in [-0.4, -0.2) is 9.55 Å². The Morgan fingerprint density at radius 3 is 2.54 bits per heavy atom. The molecule has 4 heteroatoms. The summed E-state index contributed by atoms with van der Waals surface area (Å²) in [5.41, 5.74) is 6.68. The van der Waals surface area contributed by atoms with Crippen molar-refractivity contribution in [1.82, 2.24) is 9.55 Å². The average molecular weight is 200 g/mol. The van der Waals surface area contributed by atoms with Gasteiger partial charge >= 0.3 is 0 Å². The lowest BCUT2D eigenvalue weighted by molar-refractivity contribution is 0.702. The van der Waals surface area contributed by atoms with Gasteiger partial charge in [0.25, 0.3) is 0 Å². The van der Waals surface area contributed by atoms with E-state index < -0.39 is 0 Å². The summed E-state index contributed by atoms with van der Waals surface area (Å²) in [4.78, 5) is 4.30. The maximum Gasteiger partial charge on any atom is 0.201 e. The van der Waals surface area contributed by atoms with E-state index in [9.17, 15) is 0 Å². The summed E-state index contributed by atoms with van der Waals surface area (Å²) in [5, 5.41) is 0.712. The molecule has 1 fully saturated rings. The lowest BCUT2D eigenvalue weighted by Gasteiger charge is -2.04. The van der Waals surface area contributed by atoms with Crippen molar-refractivity contribution in [2.75, 3.05) is 5.73 Å². The Labute approximate surface area is 82.9 Å². The third-order valence-electron chi connectivity index (χ3n) is 2.83. The molecule has 1 heterocycles. The van der Waals surface area contributed by atoms with E-state index in [1.807, 2.05) is 7.05 Å². The first kappa shape index (κ1) is 8.88. The molecule has 0 atom stereocenters. The van der Waals surface area contributed by atoms with E-state index in [2.05, 4.69) is 4.98 Å². The summed E-state index contributed by atoms with van der Waals surface area (Å²) < 4.78 is 1.75. The van der Waals surface area contributed by atoms with Crippen LogP contribution in [0.4, 0.5) is 5.95 Å². The largest absolute Gasteiger partial charge is 0.369 e. The summed E-state index contributed by atoms with van der Waals surface area (Å²) in [7, 11) is 1.85. The van der Waals surface area contributed by atoms with Gasteiger partial charge in [-0.1, -0.05) is 24.4 Å². The zero-order chi connectivity index (χ0) is 9.42. The summed E-state index contributed by atoms with van der Waals surface area (Å²) in [5.74, 6) is 1.06. The Bertz CT molecular complexity index is 313. The highest BCUT2D eigenvalue weighted by molar-refractivity contribution is 6.30. The van der Waals surface area contributed by atoms with Gasteiger partial charge in [0.05, 0.1) is 5.69 Å². The second-order valence-corrected chi connectivity index (χ2v) is 4.04. The van der Waals surface area contributed by atoms with Gasteiger partial charge in [-0.05, 0) is 12.8 Å². The standard InChI is InChI=1S/C9H14ClN3/c1-13-8(10)7(12-9(13)11)6-4-2-3-5-6/h6H,2-5H2,1H3,(H2,11,12). The van der Waals surface area contributed by atoms with E-state index in [4.69, 9.17) is 17.3 Å². The molecule has 0 unspecified atom stereocenters. The van der Waals surface area contributed by atoms with Gasteiger partial charge in [0.1, 0.15) is 5.15 Å². The summed E-state index contributed by atoms with van der Waals surface area (Å²) in [6.45, 7) is 0. The number of rotatable bonds is 1. The van der Waals surface area contributed by atoms with Gasteiger partial charge < -0.3 is 10.3 Å². The van der Waals surface area contributed by atoms with Crippen molar-refractivity contribution in [3.05, 3.63) is 10.8 Å². The topological polar surface area (TPSA) is 43.8 Å². The van der Waals surface area contributed by atoms with Crippen LogP contribution in [0, 0.1) is 0 Å². The monoisotopic (exact) mass is 199 g/mol. The van der Waals surface area contributed by atoms with E-state index >= 15 is 0 Å². The third kappa shape index (κ3) is 1.41. The molecule has 0 aromatic carbocycles. The van der Waals surface area contributed by atoms with Crippen LogP contribution in [0.3, 0.4) is 0 Å². The zero-order valence-corrected chi connectivity index (χ0v) is 8.51. The molecule has 1 aliphatic carbocycles. The van der Waals surface area contributed by atoms with Gasteiger partial charge in [-0.15, -0.1) is 0 Å². The van der Waals surface area contributed by atoms with Crippen LogP contribution in [-0.2, 0) is 7.05 Å². The van der Waals surface area contributed by atoms with Gasteiger partial charge in [-0.2, -0.15) is 0 Å². The number of hydrogen-bond donors (Lipinski definition) is 1. The van der Waals surface area contributed by atoms with Crippen molar-refractivity contribution in [3.8, 4) is 0 Å². The van der Waals surface area contributed by atoms with Gasteiger partial charge in [0.15, 0.2) is 0 Å². The molecule has 0 amide bonds. The second kappa shape index (κ2) is 3.22. The highest BCUT2D eigenvalue weighted by Gasteiger charge is 2.23. The van der Waals surface area contributed by atoms with Crippen molar-refractivity contribution >= 4 is 17.5 Å². The SMILES string of the molecule is Cn1c(N)nc(C2CCCC2)c1Cl. The molecular formula is C9H14ClN3. The van der Waals surface area contributed by atoms with Crippen molar-refractivity contribution in [3.63, 3.8) is 0 Å². The maximum atomic E-state index is 6.11. The molecule has 0 radical (unpaired) electrons. The van der Waals surface area contributed by atoms with Crippen LogP contribution in [0.15, 0.2) is 0 Å². The van der Waals surface area contributed by atoms with Crippen LogP contribution in [0.5, 0.6) is 0 Å². The number of halogens is 1. The van der Waals surface area contributed by atoms with E-state index in [-0.39, 0.29) is 0 Å². The van der Waals surface area contributed by atoms with Crippen LogP contribution >= 0.6 is 11.6 Å². The second-order valence-electron chi connectivity index (χ2n) is 3.69. The van der Waals surface area contributed by atoms with Gasteiger partial charge in [-0.3, -0.25) is 0 Å². The normalized spacial score (nSPS) is 18.3. The molecular weight excluding hydrogens is 186 g/mol. The molecule has 2 N–H and O–H groups in total. The minimum absolute atomic E-state index is 0.520. The predicted molar refractivity (Wildman–Crippen MR) is 53.8 cm³/mol. The van der Waals surface area contributed by atoms with Crippen molar-refractivity contribution < 1.29 is 0 Å². The highest BCUT2D eigenvalue weighted by Crippen LogP contribution is 2.37. The number of imidazole rings is 1. The lowest BCUT2D eigenvalue weighted by Crippen LogP contribution is -1.96. The number of nitrogens with two attached hydrogens (primary N) is 1. The molecule has 0 spiro atoms. The molecule has 13 heavy (non-hydrogen) atoms. The smallest absolute Gasteiger partial charge is 0.201 e. The number of aromatic nitrogens is 2. The summed E-state index contributed by atoms with van der Waals surface area (Å²) in [6.07, 6.45) is 4.99. The zero-order valence-electron chi connectivity index (χ0n) is 7.76. The van der Waals surface area contributed by atoms with Crippen molar-refractivity contribution in [2.45, 2.75) is 31.6 Å². The van der Waals surface area contributed by atoms with E-state index in [0.29, 0.717) is 17.0 Å². The summed E-state index contributed by atoms with van der Waals surface area (Å²) in [6, 6.07) is 0. The molecule has 1 aromatic rings. The predicted octanol–water partition coefficient (Wildman–Crippen LogP) is 2.31. The molecule has 0 saturated heterocycles. The molecule has 0 aliphatic heterocycles. The first-order chi connectivity index (χ1) is 6.20. The first-order valence-corrected chi connectivity index (χ1v) is 5.05. The Morgan fingerprint density at radius 1 is 1.46 bits per heavy atom. The van der Waals surface area contributed by atoms with Crippen LogP contribution in [0.25, 0.3) is 0 Å². The first-order valence-electron chi connectivity index (χ1n) is 4.67. The van der Waals surface area contributed by atoms with Crippen LogP contribution in [0.1, 0.15) is 37.3 Å². The average Bonchev–Trinajstić information content (AvgIpc) is 2.70. The quantitative estimate of drug-likeness (QED) is 0.755. The van der Waals surface area contributed by atoms with Crippen LogP contribution in [0.2, 0.25) is 5.15 Å². The van der Waals surface area contributed by atoms with Crippen molar-refractivity contribution in [1.29, 1.82) is 0 Å². The van der Waals surface area contributed by atoms with Gasteiger partial charge in [0, 0.05) is 13.0 Å². The molecule has 0 bridgehead atoms. The number of anilines is 1. The number of nitrogens with zero attached hydrogens (tertiary/aromatic N) is 2. The fraction of sp³-hybridized carbons (Fsp3) is 0.667. The molecule has 72 valence electrons. The molecule has 1 aliphatic rings. The Balaban J connectivity index is 2.34. The molecule has 2 rings (SSSR count). The van der Waals surface area contributed by atoms with E-state index in [1.54, 1.807) is 4.57 Å².